The van der Waals surface area contributed by atoms with Crippen LogP contribution in [0, 0.1) is 10.1 Å². The third-order valence-electron chi connectivity index (χ3n) is 2.88. The minimum Gasteiger partial charge on any atom is -0.481 e. The molecule has 0 atom stereocenters. The highest BCUT2D eigenvalue weighted by Gasteiger charge is 2.18. The SMILES string of the molecule is O=C(O)CCCNc1c([N+](=O)[O-])cnc2ccc(Br)cc12. The van der Waals surface area contributed by atoms with Crippen molar-refractivity contribution in [3.8, 4) is 0 Å². The third-order valence-corrected chi connectivity index (χ3v) is 3.37. The van der Waals surface area contributed by atoms with Crippen molar-refractivity contribution in [2.75, 3.05) is 11.9 Å². The summed E-state index contributed by atoms with van der Waals surface area (Å²) in [6, 6.07) is 5.30. The Hall–Kier alpha value is -2.22. The molecule has 2 N–H and O–H groups in total. The molecule has 8 heteroatoms. The van der Waals surface area contributed by atoms with Gasteiger partial charge in [-0.1, -0.05) is 15.9 Å². The van der Waals surface area contributed by atoms with E-state index < -0.39 is 10.9 Å². The van der Waals surface area contributed by atoms with E-state index in [0.717, 1.165) is 4.47 Å². The molecule has 1 heterocycles. The molecule has 2 rings (SSSR count). The van der Waals surface area contributed by atoms with Crippen molar-refractivity contribution in [3.05, 3.63) is 39.0 Å². The Bertz CT molecular complexity index is 705. The number of fused-ring (bicyclic) bond motifs is 1. The fourth-order valence-electron chi connectivity index (χ4n) is 1.93. The van der Waals surface area contributed by atoms with E-state index in [1.54, 1.807) is 18.2 Å². The van der Waals surface area contributed by atoms with Crippen molar-refractivity contribution in [2.45, 2.75) is 12.8 Å². The summed E-state index contributed by atoms with van der Waals surface area (Å²) >= 11 is 3.33. The highest BCUT2D eigenvalue weighted by Crippen LogP contribution is 2.33. The second-order valence-corrected chi connectivity index (χ2v) is 5.28. The predicted molar refractivity (Wildman–Crippen MR) is 81.5 cm³/mol. The first-order chi connectivity index (χ1) is 9.99. The van der Waals surface area contributed by atoms with Crippen LogP contribution in [0.4, 0.5) is 11.4 Å². The largest absolute Gasteiger partial charge is 0.481 e. The summed E-state index contributed by atoms with van der Waals surface area (Å²) in [5, 5.41) is 23.3. The zero-order valence-corrected chi connectivity index (χ0v) is 12.5. The molecule has 0 aliphatic heterocycles. The first-order valence-electron chi connectivity index (χ1n) is 6.17. The number of nitrogens with one attached hydrogen (secondary N) is 1. The van der Waals surface area contributed by atoms with Crippen molar-refractivity contribution in [2.24, 2.45) is 0 Å². The summed E-state index contributed by atoms with van der Waals surface area (Å²) in [6.07, 6.45) is 1.59. The lowest BCUT2D eigenvalue weighted by molar-refractivity contribution is -0.384. The summed E-state index contributed by atoms with van der Waals surface area (Å²) in [4.78, 5) is 25.2. The van der Waals surface area contributed by atoms with Gasteiger partial charge in [0.2, 0.25) is 0 Å². The number of nitro groups is 1. The van der Waals surface area contributed by atoms with Crippen LogP contribution < -0.4 is 5.32 Å². The zero-order chi connectivity index (χ0) is 15.4. The Balaban J connectivity index is 2.36. The van der Waals surface area contributed by atoms with Gasteiger partial charge in [-0.3, -0.25) is 14.9 Å². The Morgan fingerprint density at radius 3 is 2.90 bits per heavy atom. The average molecular weight is 354 g/mol. The maximum atomic E-state index is 11.1. The summed E-state index contributed by atoms with van der Waals surface area (Å²) in [7, 11) is 0. The number of pyridine rings is 1. The van der Waals surface area contributed by atoms with Crippen LogP contribution >= 0.6 is 15.9 Å². The van der Waals surface area contributed by atoms with Gasteiger partial charge >= 0.3 is 11.7 Å². The molecule has 0 aliphatic rings. The fourth-order valence-corrected chi connectivity index (χ4v) is 2.29. The van der Waals surface area contributed by atoms with Crippen molar-refractivity contribution < 1.29 is 14.8 Å². The van der Waals surface area contributed by atoms with Gasteiger partial charge in [-0.15, -0.1) is 0 Å². The third kappa shape index (κ3) is 3.66. The van der Waals surface area contributed by atoms with E-state index >= 15 is 0 Å². The lowest BCUT2D eigenvalue weighted by atomic mass is 10.1. The van der Waals surface area contributed by atoms with E-state index in [1.807, 2.05) is 0 Å². The van der Waals surface area contributed by atoms with Crippen molar-refractivity contribution in [1.29, 1.82) is 0 Å². The van der Waals surface area contributed by atoms with Crippen LogP contribution in [0.1, 0.15) is 12.8 Å². The van der Waals surface area contributed by atoms with Crippen LogP contribution in [-0.2, 0) is 4.79 Å². The summed E-state index contributed by atoms with van der Waals surface area (Å²) in [5.74, 6) is -0.895. The van der Waals surface area contributed by atoms with E-state index in [4.69, 9.17) is 5.11 Å². The molecule has 2 aromatic rings. The highest BCUT2D eigenvalue weighted by atomic mass is 79.9. The van der Waals surface area contributed by atoms with Crippen LogP contribution in [0.5, 0.6) is 0 Å². The second-order valence-electron chi connectivity index (χ2n) is 4.36. The molecule has 0 fully saturated rings. The number of aliphatic carboxylic acids is 1. The smallest absolute Gasteiger partial charge is 0.311 e. The Kier molecular flexibility index (Phi) is 4.69. The molecule has 0 bridgehead atoms. The van der Waals surface area contributed by atoms with Gasteiger partial charge < -0.3 is 10.4 Å². The van der Waals surface area contributed by atoms with Crippen LogP contribution in [0.3, 0.4) is 0 Å². The van der Waals surface area contributed by atoms with Gasteiger partial charge in [-0.2, -0.15) is 0 Å². The van der Waals surface area contributed by atoms with Gasteiger partial charge in [0.15, 0.2) is 0 Å². The quantitative estimate of drug-likeness (QED) is 0.469. The molecule has 1 aromatic carbocycles. The van der Waals surface area contributed by atoms with Gasteiger partial charge in [0.05, 0.1) is 10.4 Å². The molecule has 7 nitrogen and oxygen atoms in total. The van der Waals surface area contributed by atoms with Crippen molar-refractivity contribution in [3.63, 3.8) is 0 Å². The number of benzene rings is 1. The molecule has 0 unspecified atom stereocenters. The van der Waals surface area contributed by atoms with Gasteiger partial charge in [0.25, 0.3) is 0 Å². The number of anilines is 1. The van der Waals surface area contributed by atoms with Gasteiger partial charge in [-0.25, -0.2) is 4.98 Å². The van der Waals surface area contributed by atoms with Gasteiger partial charge in [-0.05, 0) is 24.6 Å². The Labute approximate surface area is 128 Å². The second kappa shape index (κ2) is 6.49. The van der Waals surface area contributed by atoms with E-state index in [2.05, 4.69) is 26.2 Å². The molecular weight excluding hydrogens is 342 g/mol. The number of halogens is 1. The molecule has 0 aliphatic carbocycles. The van der Waals surface area contributed by atoms with Gasteiger partial charge in [0, 0.05) is 22.8 Å². The van der Waals surface area contributed by atoms with Crippen molar-refractivity contribution >= 4 is 44.2 Å². The van der Waals surface area contributed by atoms with Crippen molar-refractivity contribution in [1.82, 2.24) is 4.98 Å². The number of carboxylic acid groups (broad SMARTS) is 1. The molecule has 0 saturated heterocycles. The summed E-state index contributed by atoms with van der Waals surface area (Å²) < 4.78 is 0.783. The minimum absolute atomic E-state index is 0.00745. The molecular formula is C13H12BrN3O4. The molecule has 1 aromatic heterocycles. The van der Waals surface area contributed by atoms with Crippen LogP contribution in [-0.4, -0.2) is 27.5 Å². The highest BCUT2D eigenvalue weighted by molar-refractivity contribution is 9.10. The van der Waals surface area contributed by atoms with Crippen LogP contribution in [0.15, 0.2) is 28.9 Å². The number of aromatic nitrogens is 1. The van der Waals surface area contributed by atoms with E-state index in [0.29, 0.717) is 29.6 Å². The monoisotopic (exact) mass is 353 g/mol. The molecule has 0 spiro atoms. The number of hydrogen-bond acceptors (Lipinski definition) is 5. The summed E-state index contributed by atoms with van der Waals surface area (Å²) in [6.45, 7) is 0.332. The number of carboxylic acids is 1. The lowest BCUT2D eigenvalue weighted by Crippen LogP contribution is -2.07. The lowest BCUT2D eigenvalue weighted by Gasteiger charge is -2.10. The first kappa shape index (κ1) is 15.2. The molecule has 0 radical (unpaired) electrons. The number of carbonyl (C=O) groups is 1. The maximum Gasteiger partial charge on any atom is 0.311 e. The number of nitrogens with zero attached hydrogens (tertiary/aromatic N) is 2. The maximum absolute atomic E-state index is 11.1. The van der Waals surface area contributed by atoms with E-state index in [1.165, 1.54) is 6.20 Å². The number of hydrogen-bond donors (Lipinski definition) is 2. The Morgan fingerprint density at radius 2 is 2.24 bits per heavy atom. The first-order valence-corrected chi connectivity index (χ1v) is 6.96. The topological polar surface area (TPSA) is 105 Å². The average Bonchev–Trinajstić information content (AvgIpc) is 2.42. The van der Waals surface area contributed by atoms with E-state index in [9.17, 15) is 14.9 Å². The fraction of sp³-hybridized carbons (Fsp3) is 0.231. The Morgan fingerprint density at radius 1 is 1.48 bits per heavy atom. The normalized spacial score (nSPS) is 10.5. The molecule has 0 saturated carbocycles. The molecule has 110 valence electrons. The molecule has 0 amide bonds. The predicted octanol–water partition coefficient (Wildman–Crippen LogP) is 3.18. The van der Waals surface area contributed by atoms with Crippen LogP contribution in [0.2, 0.25) is 0 Å². The van der Waals surface area contributed by atoms with Crippen LogP contribution in [0.25, 0.3) is 10.9 Å². The summed E-state index contributed by atoms with van der Waals surface area (Å²) in [5.41, 5.74) is 0.858. The van der Waals surface area contributed by atoms with Gasteiger partial charge in [0.1, 0.15) is 11.9 Å². The van der Waals surface area contributed by atoms with E-state index in [-0.39, 0.29) is 12.1 Å². The minimum atomic E-state index is -0.895. The molecule has 21 heavy (non-hydrogen) atoms. The standard InChI is InChI=1S/C13H12BrN3O4/c14-8-3-4-10-9(6-8)13(11(7-16-10)17(20)21)15-5-1-2-12(18)19/h3-4,6-7H,1-2,5H2,(H,15,16)(H,18,19). The number of rotatable bonds is 6. The zero-order valence-electron chi connectivity index (χ0n) is 10.9.